The molecular weight excluding hydrogens is 474 g/mol. The molecule has 0 N–H and O–H groups in total. The lowest BCUT2D eigenvalue weighted by atomic mass is 10.0. The number of hydrogen-bond acceptors (Lipinski definition) is 7. The van der Waals surface area contributed by atoms with Gasteiger partial charge in [0.15, 0.2) is 22.9 Å². The number of morpholine rings is 1. The normalized spacial score (nSPS) is 17.2. The Morgan fingerprint density at radius 3 is 2.46 bits per heavy atom. The summed E-state index contributed by atoms with van der Waals surface area (Å²) in [6.07, 6.45) is 2.76. The van der Waals surface area contributed by atoms with Crippen LogP contribution in [0.1, 0.15) is 54.2 Å². The van der Waals surface area contributed by atoms with Crippen molar-refractivity contribution in [2.75, 3.05) is 40.5 Å². The molecule has 0 bridgehead atoms. The van der Waals surface area contributed by atoms with Gasteiger partial charge in [0.2, 0.25) is 5.75 Å². The van der Waals surface area contributed by atoms with Crippen molar-refractivity contribution in [1.82, 2.24) is 4.90 Å². The maximum Gasteiger partial charge on any atom is 0.266 e. The van der Waals surface area contributed by atoms with Crippen LogP contribution in [0.25, 0.3) is 0 Å². The molecule has 0 saturated carbocycles. The predicted octanol–water partition coefficient (Wildman–Crippen LogP) is 4.17. The van der Waals surface area contributed by atoms with Crippen molar-refractivity contribution < 1.29 is 33.3 Å². The van der Waals surface area contributed by atoms with E-state index in [9.17, 15) is 9.59 Å². The molecule has 0 radical (unpaired) electrons. The maximum absolute atomic E-state index is 13.6. The number of Topliss-reactive ketones (excluding diaryl/α,β-unsaturated/α-hetero) is 1. The fraction of sp³-hybridized carbons (Fsp3) is 0.517. The van der Waals surface area contributed by atoms with Gasteiger partial charge >= 0.3 is 0 Å². The minimum Gasteiger partial charge on any atom is -0.493 e. The maximum atomic E-state index is 13.6. The molecule has 2 aromatic rings. The molecule has 8 nitrogen and oxygen atoms in total. The predicted molar refractivity (Wildman–Crippen MR) is 139 cm³/mol. The first-order valence-electron chi connectivity index (χ1n) is 12.8. The van der Waals surface area contributed by atoms with E-state index in [-0.39, 0.29) is 24.4 Å². The number of benzene rings is 2. The van der Waals surface area contributed by atoms with Crippen LogP contribution in [0.15, 0.2) is 24.3 Å². The highest BCUT2D eigenvalue weighted by molar-refractivity contribution is 5.98. The van der Waals surface area contributed by atoms with Gasteiger partial charge < -0.3 is 28.6 Å². The molecule has 2 aliphatic rings. The molecule has 4 rings (SSSR count). The van der Waals surface area contributed by atoms with Crippen molar-refractivity contribution in [3.63, 3.8) is 0 Å². The van der Waals surface area contributed by atoms with E-state index in [0.29, 0.717) is 42.5 Å². The molecule has 200 valence electrons. The number of carbonyl (C=O) groups is 2. The van der Waals surface area contributed by atoms with E-state index in [4.69, 9.17) is 23.7 Å². The van der Waals surface area contributed by atoms with Gasteiger partial charge in [-0.15, -0.1) is 0 Å². The van der Waals surface area contributed by atoms with Crippen LogP contribution in [-0.4, -0.2) is 68.8 Å². The number of amides is 1. The summed E-state index contributed by atoms with van der Waals surface area (Å²) in [6, 6.07) is 7.38. The monoisotopic (exact) mass is 511 g/mol. The largest absolute Gasteiger partial charge is 0.493 e. The van der Waals surface area contributed by atoms with Crippen molar-refractivity contribution in [1.29, 1.82) is 0 Å². The minimum absolute atomic E-state index is 0.100. The first-order valence-corrected chi connectivity index (χ1v) is 12.8. The zero-order chi connectivity index (χ0) is 26.7. The summed E-state index contributed by atoms with van der Waals surface area (Å²) >= 11 is 0. The van der Waals surface area contributed by atoms with Gasteiger partial charge in [-0.2, -0.15) is 0 Å². The molecule has 1 aliphatic heterocycles. The average molecular weight is 512 g/mol. The second-order valence-corrected chi connectivity index (χ2v) is 10.1. The summed E-state index contributed by atoms with van der Waals surface area (Å²) in [5.41, 5.74) is 3.21. The van der Waals surface area contributed by atoms with E-state index in [1.165, 1.54) is 37.8 Å². The Bertz CT molecular complexity index is 1170. The first-order chi connectivity index (χ1) is 17.7. The second-order valence-electron chi connectivity index (χ2n) is 10.1. The minimum atomic E-state index is -1.04. The van der Waals surface area contributed by atoms with Gasteiger partial charge in [-0.25, -0.2) is 0 Å². The van der Waals surface area contributed by atoms with Crippen LogP contribution < -0.4 is 18.9 Å². The number of rotatable bonds is 9. The van der Waals surface area contributed by atoms with Crippen molar-refractivity contribution in [3.8, 4) is 23.0 Å². The molecule has 1 fully saturated rings. The number of hydrogen-bond donors (Lipinski definition) is 0. The molecule has 0 aromatic heterocycles. The van der Waals surface area contributed by atoms with Crippen LogP contribution in [0, 0.1) is 6.92 Å². The smallest absolute Gasteiger partial charge is 0.266 e. The molecule has 1 heterocycles. The number of nitrogens with zero attached hydrogens (tertiary/aromatic N) is 1. The van der Waals surface area contributed by atoms with Gasteiger partial charge in [-0.3, -0.25) is 9.59 Å². The summed E-state index contributed by atoms with van der Waals surface area (Å²) < 4.78 is 29.1. The quantitative estimate of drug-likeness (QED) is 0.468. The summed E-state index contributed by atoms with van der Waals surface area (Å²) in [5.74, 6) is 1.66. The Morgan fingerprint density at radius 1 is 1.03 bits per heavy atom. The number of ketones is 1. The number of ether oxygens (including phenoxy) is 5. The molecule has 37 heavy (non-hydrogen) atoms. The molecular formula is C29H37NO7. The summed E-state index contributed by atoms with van der Waals surface area (Å²) in [7, 11) is 3.02. The molecule has 1 unspecified atom stereocenters. The third-order valence-electron chi connectivity index (χ3n) is 7.08. The molecule has 1 atom stereocenters. The number of aryl methyl sites for hydroxylation is 1. The van der Waals surface area contributed by atoms with Crippen LogP contribution in [0.4, 0.5) is 0 Å². The molecule has 1 saturated heterocycles. The molecule has 0 spiro atoms. The Balaban J connectivity index is 1.45. The number of methoxy groups -OCH3 is 2. The highest BCUT2D eigenvalue weighted by Gasteiger charge is 2.38. The number of fused-ring (bicyclic) bond motifs is 1. The zero-order valence-corrected chi connectivity index (χ0v) is 22.6. The van der Waals surface area contributed by atoms with Crippen LogP contribution >= 0.6 is 0 Å². The van der Waals surface area contributed by atoms with Gasteiger partial charge in [-0.05, 0) is 81.8 Å². The third kappa shape index (κ3) is 5.54. The highest BCUT2D eigenvalue weighted by Crippen LogP contribution is 2.40. The van der Waals surface area contributed by atoms with E-state index < -0.39 is 5.60 Å². The van der Waals surface area contributed by atoms with Gasteiger partial charge in [0.05, 0.1) is 32.9 Å². The Labute approximate surface area is 218 Å². The third-order valence-corrected chi connectivity index (χ3v) is 7.08. The van der Waals surface area contributed by atoms with Gasteiger partial charge in [0.1, 0.15) is 18.5 Å². The standard InChI is InChI=1S/C29H37NO7/c1-18-10-12-24(23-9-7-8-21(18)23)37-29(3,4)28(32)30-14-15-35-20(16-30)17-36-26-22(19(2)31)11-13-25(33-5)27(26)34-6/h10-13,20H,7-9,14-17H2,1-6H3. The van der Waals surface area contributed by atoms with Gasteiger partial charge in [0.25, 0.3) is 5.91 Å². The van der Waals surface area contributed by atoms with Crippen molar-refractivity contribution in [3.05, 3.63) is 46.5 Å². The van der Waals surface area contributed by atoms with E-state index in [0.717, 1.165) is 25.0 Å². The van der Waals surface area contributed by atoms with Gasteiger partial charge in [0, 0.05) is 6.54 Å². The fourth-order valence-electron chi connectivity index (χ4n) is 5.15. The second kappa shape index (κ2) is 11.0. The van der Waals surface area contributed by atoms with Crippen LogP contribution in [0.3, 0.4) is 0 Å². The lowest BCUT2D eigenvalue weighted by molar-refractivity contribution is -0.153. The first kappa shape index (κ1) is 26.8. The van der Waals surface area contributed by atoms with E-state index >= 15 is 0 Å². The van der Waals surface area contributed by atoms with Crippen LogP contribution in [0.5, 0.6) is 23.0 Å². The summed E-state index contributed by atoms with van der Waals surface area (Å²) in [6.45, 7) is 8.56. The summed E-state index contributed by atoms with van der Waals surface area (Å²) in [4.78, 5) is 27.5. The lowest BCUT2D eigenvalue weighted by Gasteiger charge is -2.37. The van der Waals surface area contributed by atoms with Crippen molar-refractivity contribution in [2.45, 2.75) is 58.7 Å². The average Bonchev–Trinajstić information content (AvgIpc) is 3.39. The SMILES string of the molecule is COc1ccc(C(C)=O)c(OCC2CN(C(=O)C(C)(C)Oc3ccc(C)c4c3CCC4)CCO2)c1OC. The Morgan fingerprint density at radius 2 is 1.76 bits per heavy atom. The van der Waals surface area contributed by atoms with Crippen LogP contribution in [-0.2, 0) is 22.4 Å². The zero-order valence-electron chi connectivity index (χ0n) is 22.6. The highest BCUT2D eigenvalue weighted by atomic mass is 16.6. The van der Waals surface area contributed by atoms with Crippen LogP contribution in [0.2, 0.25) is 0 Å². The fourth-order valence-corrected chi connectivity index (χ4v) is 5.15. The summed E-state index contributed by atoms with van der Waals surface area (Å²) in [5, 5.41) is 0. The molecule has 1 amide bonds. The topological polar surface area (TPSA) is 83.5 Å². The van der Waals surface area contributed by atoms with Crippen molar-refractivity contribution in [2.24, 2.45) is 0 Å². The number of carbonyl (C=O) groups excluding carboxylic acids is 2. The molecule has 8 heteroatoms. The Hall–Kier alpha value is -3.26. The van der Waals surface area contributed by atoms with Gasteiger partial charge in [-0.1, -0.05) is 6.07 Å². The van der Waals surface area contributed by atoms with E-state index in [1.807, 2.05) is 19.9 Å². The van der Waals surface area contributed by atoms with Crippen molar-refractivity contribution >= 4 is 11.7 Å². The lowest BCUT2D eigenvalue weighted by Crippen LogP contribution is -2.55. The Kier molecular flexibility index (Phi) is 7.97. The van der Waals surface area contributed by atoms with E-state index in [2.05, 4.69) is 13.0 Å². The molecule has 2 aromatic carbocycles. The molecule has 1 aliphatic carbocycles. The van der Waals surface area contributed by atoms with E-state index in [1.54, 1.807) is 17.0 Å².